The van der Waals surface area contributed by atoms with Crippen molar-refractivity contribution >= 4 is 11.6 Å². The highest BCUT2D eigenvalue weighted by molar-refractivity contribution is 5.70. The van der Waals surface area contributed by atoms with Gasteiger partial charge in [-0.15, -0.1) is 0 Å². The number of anilines is 2. The highest BCUT2D eigenvalue weighted by atomic mass is 19.1. The smallest absolute Gasteiger partial charge is 0.135 e. The van der Waals surface area contributed by atoms with Crippen LogP contribution in [-0.2, 0) is 6.61 Å². The van der Waals surface area contributed by atoms with Gasteiger partial charge in [-0.3, -0.25) is 0 Å². The summed E-state index contributed by atoms with van der Waals surface area (Å²) in [5, 5.41) is 12.2. The molecule has 3 rings (SSSR count). The molecule has 2 N–H and O–H groups in total. The van der Waals surface area contributed by atoms with Crippen LogP contribution in [0.1, 0.15) is 5.56 Å². The summed E-state index contributed by atoms with van der Waals surface area (Å²) in [6, 6.07) is 9.41. The van der Waals surface area contributed by atoms with Gasteiger partial charge in [-0.1, -0.05) is 0 Å². The van der Waals surface area contributed by atoms with E-state index in [4.69, 9.17) is 4.74 Å². The molecule has 7 heteroatoms. The average molecular weight is 326 g/mol. The number of benzene rings is 1. The lowest BCUT2D eigenvalue weighted by Gasteiger charge is -2.10. The Morgan fingerprint density at radius 3 is 2.71 bits per heavy atom. The summed E-state index contributed by atoms with van der Waals surface area (Å²) in [5.41, 5.74) is 1.98. The van der Waals surface area contributed by atoms with E-state index in [-0.39, 0.29) is 12.4 Å². The van der Waals surface area contributed by atoms with Crippen LogP contribution in [0.3, 0.4) is 0 Å². The molecule has 122 valence electrons. The molecule has 2 aromatic heterocycles. The van der Waals surface area contributed by atoms with Gasteiger partial charge >= 0.3 is 0 Å². The Morgan fingerprint density at radius 2 is 1.92 bits per heavy atom. The molecular weight excluding hydrogens is 311 g/mol. The van der Waals surface area contributed by atoms with E-state index in [0.29, 0.717) is 28.6 Å². The Labute approximate surface area is 138 Å². The number of nitrogens with one attached hydrogen (secondary N) is 1. The molecule has 1 aromatic carbocycles. The number of aliphatic hydroxyl groups is 1. The third-order valence-electron chi connectivity index (χ3n) is 3.37. The molecule has 3 aromatic rings. The Hall–Kier alpha value is -3.06. The second-order valence-electron chi connectivity index (χ2n) is 4.97. The topological polar surface area (TPSA) is 80.2 Å². The number of ether oxygens (including phenoxy) is 1. The Kier molecular flexibility index (Phi) is 4.62. The van der Waals surface area contributed by atoms with Gasteiger partial charge in [-0.25, -0.2) is 19.3 Å². The first-order chi connectivity index (χ1) is 11.7. The first-order valence-corrected chi connectivity index (χ1v) is 7.18. The molecule has 0 bridgehead atoms. The number of hydrogen-bond donors (Lipinski definition) is 2. The van der Waals surface area contributed by atoms with Crippen LogP contribution in [0.2, 0.25) is 0 Å². The van der Waals surface area contributed by atoms with Crippen LogP contribution >= 0.6 is 0 Å². The molecule has 0 saturated carbocycles. The minimum Gasteiger partial charge on any atom is -0.496 e. The molecule has 0 amide bonds. The molecule has 2 heterocycles. The van der Waals surface area contributed by atoms with Crippen LogP contribution in [-0.4, -0.2) is 27.2 Å². The number of aliphatic hydroxyl groups excluding tert-OH is 1. The number of halogens is 1. The van der Waals surface area contributed by atoms with Crippen LogP contribution in [0.25, 0.3) is 11.3 Å². The van der Waals surface area contributed by atoms with Gasteiger partial charge in [0.15, 0.2) is 0 Å². The van der Waals surface area contributed by atoms with E-state index in [1.54, 1.807) is 30.5 Å². The largest absolute Gasteiger partial charge is 0.496 e. The van der Waals surface area contributed by atoms with E-state index >= 15 is 0 Å². The van der Waals surface area contributed by atoms with Gasteiger partial charge in [0.2, 0.25) is 0 Å². The predicted molar refractivity (Wildman–Crippen MR) is 87.4 cm³/mol. The van der Waals surface area contributed by atoms with Gasteiger partial charge in [-0.2, -0.15) is 0 Å². The van der Waals surface area contributed by atoms with E-state index in [1.807, 2.05) is 0 Å². The molecule has 0 aliphatic heterocycles. The Morgan fingerprint density at radius 1 is 1.08 bits per heavy atom. The van der Waals surface area contributed by atoms with Crippen molar-refractivity contribution in [1.82, 2.24) is 15.0 Å². The second-order valence-corrected chi connectivity index (χ2v) is 4.97. The van der Waals surface area contributed by atoms with Crippen molar-refractivity contribution in [2.24, 2.45) is 0 Å². The zero-order chi connectivity index (χ0) is 16.9. The summed E-state index contributed by atoms with van der Waals surface area (Å²) in [6.45, 7) is -0.0704. The van der Waals surface area contributed by atoms with Crippen LogP contribution in [0.15, 0.2) is 48.9 Å². The number of methoxy groups -OCH3 is 1. The normalized spacial score (nSPS) is 10.5. The van der Waals surface area contributed by atoms with Gasteiger partial charge in [-0.05, 0) is 29.8 Å². The minimum atomic E-state index is -0.381. The summed E-state index contributed by atoms with van der Waals surface area (Å²) >= 11 is 0. The van der Waals surface area contributed by atoms with Crippen molar-refractivity contribution in [1.29, 1.82) is 0 Å². The summed E-state index contributed by atoms with van der Waals surface area (Å²) < 4.78 is 18.5. The molecule has 0 aliphatic carbocycles. The minimum absolute atomic E-state index is 0.0704. The standard InChI is InChI=1S/C17H15FN4O2/c1-24-15-7-12(18)2-3-13(15)14-8-17(21-10-20-14)22-16-6-11(9-23)4-5-19-16/h2-8,10,23H,9H2,1H3,(H,19,20,21,22). The third kappa shape index (κ3) is 3.47. The van der Waals surface area contributed by atoms with Gasteiger partial charge < -0.3 is 15.2 Å². The first-order valence-electron chi connectivity index (χ1n) is 7.18. The average Bonchev–Trinajstić information content (AvgIpc) is 2.62. The number of rotatable bonds is 5. The first kappa shape index (κ1) is 15.8. The summed E-state index contributed by atoms with van der Waals surface area (Å²) in [6.07, 6.45) is 3.00. The highest BCUT2D eigenvalue weighted by Crippen LogP contribution is 2.30. The Balaban J connectivity index is 1.92. The SMILES string of the molecule is COc1cc(F)ccc1-c1cc(Nc2cc(CO)ccn2)ncn1. The van der Waals surface area contributed by atoms with Crippen molar-refractivity contribution in [3.05, 3.63) is 60.3 Å². The summed E-state index contributed by atoms with van der Waals surface area (Å²) in [7, 11) is 1.48. The van der Waals surface area contributed by atoms with E-state index in [0.717, 1.165) is 5.56 Å². The summed E-state index contributed by atoms with van der Waals surface area (Å²) in [5.74, 6) is 1.08. The molecule has 0 fully saturated rings. The number of aromatic nitrogens is 3. The number of nitrogens with zero attached hydrogens (tertiary/aromatic N) is 3. The van der Waals surface area contributed by atoms with E-state index in [1.165, 1.54) is 25.6 Å². The molecule has 0 radical (unpaired) electrons. The predicted octanol–water partition coefficient (Wildman–Crippen LogP) is 2.92. The number of hydrogen-bond acceptors (Lipinski definition) is 6. The van der Waals surface area contributed by atoms with Crippen molar-refractivity contribution in [2.45, 2.75) is 6.61 Å². The lowest BCUT2D eigenvalue weighted by Crippen LogP contribution is -1.99. The maximum absolute atomic E-state index is 13.3. The van der Waals surface area contributed by atoms with Crippen LogP contribution in [0.4, 0.5) is 16.0 Å². The maximum atomic E-state index is 13.3. The zero-order valence-electron chi connectivity index (χ0n) is 12.9. The van der Waals surface area contributed by atoms with E-state index < -0.39 is 0 Å². The molecule has 0 aliphatic rings. The monoisotopic (exact) mass is 326 g/mol. The van der Waals surface area contributed by atoms with Crippen molar-refractivity contribution in [2.75, 3.05) is 12.4 Å². The maximum Gasteiger partial charge on any atom is 0.135 e. The van der Waals surface area contributed by atoms with Crippen molar-refractivity contribution in [3.8, 4) is 17.0 Å². The van der Waals surface area contributed by atoms with Crippen LogP contribution in [0.5, 0.6) is 5.75 Å². The van der Waals surface area contributed by atoms with Crippen molar-refractivity contribution in [3.63, 3.8) is 0 Å². The second kappa shape index (κ2) is 7.01. The van der Waals surface area contributed by atoms with Crippen LogP contribution < -0.4 is 10.1 Å². The Bertz CT molecular complexity index is 857. The number of pyridine rings is 1. The van der Waals surface area contributed by atoms with Crippen LogP contribution in [0, 0.1) is 5.82 Å². The van der Waals surface area contributed by atoms with Gasteiger partial charge in [0.1, 0.15) is 29.5 Å². The van der Waals surface area contributed by atoms with Gasteiger partial charge in [0.25, 0.3) is 0 Å². The van der Waals surface area contributed by atoms with Crippen molar-refractivity contribution < 1.29 is 14.2 Å². The molecule has 0 saturated heterocycles. The fourth-order valence-corrected chi connectivity index (χ4v) is 2.22. The highest BCUT2D eigenvalue weighted by Gasteiger charge is 2.10. The molecule has 0 unspecified atom stereocenters. The molecule has 0 atom stereocenters. The molecule has 24 heavy (non-hydrogen) atoms. The van der Waals surface area contributed by atoms with Gasteiger partial charge in [0, 0.05) is 23.9 Å². The molecule has 6 nitrogen and oxygen atoms in total. The third-order valence-corrected chi connectivity index (χ3v) is 3.37. The molecular formula is C17H15FN4O2. The quantitative estimate of drug-likeness (QED) is 0.750. The van der Waals surface area contributed by atoms with E-state index in [9.17, 15) is 9.50 Å². The fraction of sp³-hybridized carbons (Fsp3) is 0.118. The molecule has 0 spiro atoms. The van der Waals surface area contributed by atoms with E-state index in [2.05, 4.69) is 20.3 Å². The zero-order valence-corrected chi connectivity index (χ0v) is 12.9. The lowest BCUT2D eigenvalue weighted by atomic mass is 10.1. The summed E-state index contributed by atoms with van der Waals surface area (Å²) in [4.78, 5) is 12.5. The fourth-order valence-electron chi connectivity index (χ4n) is 2.22. The van der Waals surface area contributed by atoms with Gasteiger partial charge in [0.05, 0.1) is 19.4 Å². The lowest BCUT2D eigenvalue weighted by molar-refractivity contribution is 0.282.